The van der Waals surface area contributed by atoms with Crippen LogP contribution >= 0.6 is 15.9 Å². The molecule has 2 N–H and O–H groups in total. The van der Waals surface area contributed by atoms with Gasteiger partial charge < -0.3 is 10.4 Å². The molecule has 0 heterocycles. The molecule has 16 heavy (non-hydrogen) atoms. The second kappa shape index (κ2) is 7.45. The molecule has 0 amide bonds. The molecule has 0 saturated carbocycles. The first-order chi connectivity index (χ1) is 7.72. The van der Waals surface area contributed by atoms with Gasteiger partial charge in [0, 0.05) is 24.0 Å². The van der Waals surface area contributed by atoms with Gasteiger partial charge in [0.1, 0.15) is 0 Å². The van der Waals surface area contributed by atoms with E-state index in [-0.39, 0.29) is 6.10 Å². The first-order valence-electron chi connectivity index (χ1n) is 5.29. The normalized spacial score (nSPS) is 12.1. The lowest BCUT2D eigenvalue weighted by atomic mass is 10.2. The second-order valence-corrected chi connectivity index (χ2v) is 4.57. The van der Waals surface area contributed by atoms with Crippen LogP contribution in [-0.2, 0) is 6.54 Å². The van der Waals surface area contributed by atoms with Gasteiger partial charge in [-0.25, -0.2) is 0 Å². The van der Waals surface area contributed by atoms with Crippen LogP contribution in [0.4, 0.5) is 0 Å². The Labute approximate surface area is 105 Å². The largest absolute Gasteiger partial charge is 0.392 e. The summed E-state index contributed by atoms with van der Waals surface area (Å²) in [5, 5.41) is 12.7. The minimum Gasteiger partial charge on any atom is -0.392 e. The van der Waals surface area contributed by atoms with E-state index in [2.05, 4.69) is 33.2 Å². The second-order valence-electron chi connectivity index (χ2n) is 3.66. The van der Waals surface area contributed by atoms with Crippen LogP contribution in [0, 0.1) is 12.3 Å². The summed E-state index contributed by atoms with van der Waals surface area (Å²) < 4.78 is 1.07. The number of hydrogen-bond acceptors (Lipinski definition) is 2. The molecule has 0 aliphatic carbocycles. The zero-order chi connectivity index (χ0) is 11.8. The average molecular weight is 282 g/mol. The fraction of sp³-hybridized carbons (Fsp3) is 0.385. The van der Waals surface area contributed by atoms with Crippen molar-refractivity contribution in [3.8, 4) is 12.3 Å². The molecular formula is C13H16BrNO. The average Bonchev–Trinajstić information content (AvgIpc) is 2.26. The van der Waals surface area contributed by atoms with Gasteiger partial charge in [0.15, 0.2) is 0 Å². The van der Waals surface area contributed by atoms with E-state index in [1.807, 2.05) is 18.2 Å². The molecule has 1 aromatic rings. The quantitative estimate of drug-likeness (QED) is 0.785. The molecule has 0 aliphatic heterocycles. The third-order valence-corrected chi connectivity index (χ3v) is 2.71. The maximum Gasteiger partial charge on any atom is 0.0673 e. The van der Waals surface area contributed by atoms with E-state index in [1.54, 1.807) is 0 Å². The molecule has 0 saturated heterocycles. The van der Waals surface area contributed by atoms with E-state index in [0.29, 0.717) is 19.4 Å². The summed E-state index contributed by atoms with van der Waals surface area (Å²) in [6.07, 6.45) is 6.05. The molecule has 1 aromatic carbocycles. The van der Waals surface area contributed by atoms with Crippen molar-refractivity contribution in [2.24, 2.45) is 0 Å². The Kier molecular flexibility index (Phi) is 6.17. The van der Waals surface area contributed by atoms with Crippen molar-refractivity contribution in [3.63, 3.8) is 0 Å². The zero-order valence-electron chi connectivity index (χ0n) is 9.12. The van der Waals surface area contributed by atoms with Gasteiger partial charge in [-0.3, -0.25) is 0 Å². The lowest BCUT2D eigenvalue weighted by Crippen LogP contribution is -2.26. The minimum atomic E-state index is -0.358. The third-order valence-electron chi connectivity index (χ3n) is 2.22. The van der Waals surface area contributed by atoms with Crippen molar-refractivity contribution in [1.29, 1.82) is 0 Å². The van der Waals surface area contributed by atoms with Crippen molar-refractivity contribution >= 4 is 15.9 Å². The van der Waals surface area contributed by atoms with Crippen molar-refractivity contribution in [1.82, 2.24) is 5.32 Å². The number of terminal acetylenes is 1. The number of benzene rings is 1. The lowest BCUT2D eigenvalue weighted by Gasteiger charge is -2.10. The highest BCUT2D eigenvalue weighted by atomic mass is 79.9. The van der Waals surface area contributed by atoms with Gasteiger partial charge in [0.05, 0.1) is 6.10 Å². The van der Waals surface area contributed by atoms with Crippen molar-refractivity contribution in [3.05, 3.63) is 34.3 Å². The predicted molar refractivity (Wildman–Crippen MR) is 69.9 cm³/mol. The Bertz CT molecular complexity index is 359. The van der Waals surface area contributed by atoms with Crippen LogP contribution in [0.3, 0.4) is 0 Å². The van der Waals surface area contributed by atoms with E-state index in [0.717, 1.165) is 11.0 Å². The molecule has 0 bridgehead atoms. The van der Waals surface area contributed by atoms with Gasteiger partial charge in [0.2, 0.25) is 0 Å². The number of rotatable bonds is 6. The molecular weight excluding hydrogens is 266 g/mol. The predicted octanol–water partition coefficient (Wildman–Crippen LogP) is 2.31. The number of aliphatic hydroxyl groups is 1. The fourth-order valence-electron chi connectivity index (χ4n) is 1.38. The summed E-state index contributed by atoms with van der Waals surface area (Å²) in [5.41, 5.74) is 1.19. The Hall–Kier alpha value is -0.820. The third kappa shape index (κ3) is 5.32. The number of halogens is 1. The summed E-state index contributed by atoms with van der Waals surface area (Å²) in [4.78, 5) is 0. The molecule has 2 nitrogen and oxygen atoms in total. The maximum atomic E-state index is 9.55. The van der Waals surface area contributed by atoms with Crippen LogP contribution in [-0.4, -0.2) is 17.8 Å². The van der Waals surface area contributed by atoms with Gasteiger partial charge in [-0.15, -0.1) is 12.3 Å². The Morgan fingerprint density at radius 2 is 2.31 bits per heavy atom. The van der Waals surface area contributed by atoms with Crippen LogP contribution in [0.2, 0.25) is 0 Å². The van der Waals surface area contributed by atoms with E-state index in [4.69, 9.17) is 6.42 Å². The van der Waals surface area contributed by atoms with Gasteiger partial charge in [-0.1, -0.05) is 28.1 Å². The smallest absolute Gasteiger partial charge is 0.0673 e. The highest BCUT2D eigenvalue weighted by molar-refractivity contribution is 9.10. The van der Waals surface area contributed by atoms with Crippen LogP contribution in [0.5, 0.6) is 0 Å². The monoisotopic (exact) mass is 281 g/mol. The van der Waals surface area contributed by atoms with E-state index in [9.17, 15) is 5.11 Å². The highest BCUT2D eigenvalue weighted by Crippen LogP contribution is 2.11. The first kappa shape index (κ1) is 13.2. The van der Waals surface area contributed by atoms with Crippen molar-refractivity contribution in [2.75, 3.05) is 6.54 Å². The van der Waals surface area contributed by atoms with E-state index in [1.165, 1.54) is 5.56 Å². The summed E-state index contributed by atoms with van der Waals surface area (Å²) in [5.74, 6) is 2.52. The summed E-state index contributed by atoms with van der Waals surface area (Å²) in [6, 6.07) is 8.09. The molecule has 0 spiro atoms. The topological polar surface area (TPSA) is 32.3 Å². The maximum absolute atomic E-state index is 9.55. The van der Waals surface area contributed by atoms with Gasteiger partial charge >= 0.3 is 0 Å². The Morgan fingerprint density at radius 3 is 3.00 bits per heavy atom. The summed E-state index contributed by atoms with van der Waals surface area (Å²) in [7, 11) is 0. The zero-order valence-corrected chi connectivity index (χ0v) is 10.7. The summed E-state index contributed by atoms with van der Waals surface area (Å²) >= 11 is 3.42. The van der Waals surface area contributed by atoms with Crippen LogP contribution in [0.15, 0.2) is 28.7 Å². The molecule has 0 radical (unpaired) electrons. The molecule has 1 atom stereocenters. The van der Waals surface area contributed by atoms with E-state index >= 15 is 0 Å². The standard InChI is InChI=1S/C13H16BrNO/c1-2-3-7-13(16)10-15-9-11-5-4-6-12(14)8-11/h1,4-6,8,13,15-16H,3,7,9-10H2. The van der Waals surface area contributed by atoms with E-state index < -0.39 is 0 Å². The first-order valence-corrected chi connectivity index (χ1v) is 6.08. The molecule has 3 heteroatoms. The molecule has 0 fully saturated rings. The van der Waals surface area contributed by atoms with Crippen LogP contribution in [0.1, 0.15) is 18.4 Å². The van der Waals surface area contributed by atoms with Crippen LogP contribution in [0.25, 0.3) is 0 Å². The molecule has 1 rings (SSSR count). The Balaban J connectivity index is 2.23. The minimum absolute atomic E-state index is 0.358. The SMILES string of the molecule is C#CCCC(O)CNCc1cccc(Br)c1. The highest BCUT2D eigenvalue weighted by Gasteiger charge is 2.02. The number of aliphatic hydroxyl groups excluding tert-OH is 1. The fourth-order valence-corrected chi connectivity index (χ4v) is 1.83. The number of hydrogen-bond donors (Lipinski definition) is 2. The Morgan fingerprint density at radius 1 is 1.50 bits per heavy atom. The van der Waals surface area contributed by atoms with Gasteiger partial charge in [-0.05, 0) is 24.1 Å². The van der Waals surface area contributed by atoms with Gasteiger partial charge in [0.25, 0.3) is 0 Å². The van der Waals surface area contributed by atoms with Crippen molar-refractivity contribution in [2.45, 2.75) is 25.5 Å². The lowest BCUT2D eigenvalue weighted by molar-refractivity contribution is 0.163. The van der Waals surface area contributed by atoms with Crippen molar-refractivity contribution < 1.29 is 5.11 Å². The number of nitrogens with one attached hydrogen (secondary N) is 1. The molecule has 0 aromatic heterocycles. The molecule has 0 aliphatic rings. The molecule has 1 unspecified atom stereocenters. The summed E-state index contributed by atoms with van der Waals surface area (Å²) in [6.45, 7) is 1.33. The molecule has 86 valence electrons. The van der Waals surface area contributed by atoms with Gasteiger partial charge in [-0.2, -0.15) is 0 Å². The van der Waals surface area contributed by atoms with Crippen LogP contribution < -0.4 is 5.32 Å².